The van der Waals surface area contributed by atoms with Gasteiger partial charge in [-0.25, -0.2) is 4.98 Å². The lowest BCUT2D eigenvalue weighted by Crippen LogP contribution is -2.35. The van der Waals surface area contributed by atoms with E-state index in [9.17, 15) is 4.79 Å². The Bertz CT molecular complexity index is 720. The summed E-state index contributed by atoms with van der Waals surface area (Å²) in [5.74, 6) is 0.0366. The number of thiazole rings is 1. The van der Waals surface area contributed by atoms with Crippen molar-refractivity contribution in [2.75, 3.05) is 31.1 Å². The third-order valence-electron chi connectivity index (χ3n) is 3.91. The molecule has 1 fully saturated rings. The normalized spacial score (nSPS) is 14.2. The monoisotopic (exact) mass is 378 g/mol. The molecule has 2 N–H and O–H groups in total. The lowest BCUT2D eigenvalue weighted by atomic mass is 10.2. The van der Waals surface area contributed by atoms with Crippen LogP contribution in [0.5, 0.6) is 0 Å². The van der Waals surface area contributed by atoms with Crippen LogP contribution in [-0.2, 0) is 11.4 Å². The van der Waals surface area contributed by atoms with Crippen molar-refractivity contribution in [3.63, 3.8) is 0 Å². The summed E-state index contributed by atoms with van der Waals surface area (Å²) in [6, 6.07) is 3.70. The summed E-state index contributed by atoms with van der Waals surface area (Å²) in [4.78, 5) is 33.6. The zero-order chi connectivity index (χ0) is 18.9. The van der Waals surface area contributed by atoms with Crippen LogP contribution in [0.2, 0.25) is 0 Å². The van der Waals surface area contributed by atoms with Gasteiger partial charge in [0.15, 0.2) is 5.13 Å². The smallest absolute Gasteiger partial charge is 0.290 e. The Morgan fingerprint density at radius 1 is 1.31 bits per heavy atom. The van der Waals surface area contributed by atoms with Crippen LogP contribution in [0.1, 0.15) is 28.2 Å². The predicted octanol–water partition coefficient (Wildman–Crippen LogP) is 1.39. The summed E-state index contributed by atoms with van der Waals surface area (Å²) < 4.78 is 0. The van der Waals surface area contributed by atoms with Crippen molar-refractivity contribution < 1.29 is 19.8 Å². The molecule has 1 amide bonds. The lowest BCUT2D eigenvalue weighted by Gasteiger charge is -2.21. The summed E-state index contributed by atoms with van der Waals surface area (Å²) in [5, 5.41) is 18.8. The number of aliphatic hydroxyl groups is 1. The number of hydrogen-bond acceptors (Lipinski definition) is 7. The fraction of sp³-hybridized carbons (Fsp3) is 0.412. The molecular formula is C17H22N4O4S. The Morgan fingerprint density at radius 2 is 2.08 bits per heavy atom. The van der Waals surface area contributed by atoms with Gasteiger partial charge in [-0.1, -0.05) is 0 Å². The first-order valence-corrected chi connectivity index (χ1v) is 9.07. The lowest BCUT2D eigenvalue weighted by molar-refractivity contribution is -0.122. The van der Waals surface area contributed by atoms with Gasteiger partial charge < -0.3 is 20.0 Å². The van der Waals surface area contributed by atoms with Crippen molar-refractivity contribution in [2.24, 2.45) is 0 Å². The second kappa shape index (κ2) is 9.83. The highest BCUT2D eigenvalue weighted by Gasteiger charge is 2.21. The molecule has 140 valence electrons. The van der Waals surface area contributed by atoms with Gasteiger partial charge in [-0.2, -0.15) is 0 Å². The molecule has 0 radical (unpaired) electrons. The molecule has 2 aromatic rings. The maximum Gasteiger partial charge on any atom is 0.290 e. The average molecular weight is 378 g/mol. The van der Waals surface area contributed by atoms with E-state index in [4.69, 9.17) is 15.0 Å². The molecule has 0 spiro atoms. The number of rotatable bonds is 3. The molecular weight excluding hydrogens is 356 g/mol. The number of carbonyl (C=O) groups excluding carboxylic acids is 1. The van der Waals surface area contributed by atoms with Crippen LogP contribution >= 0.6 is 11.3 Å². The average Bonchev–Trinajstić information content (AvgIpc) is 2.99. The van der Waals surface area contributed by atoms with Crippen LogP contribution in [0, 0.1) is 6.92 Å². The molecule has 0 saturated carbocycles. The molecule has 0 aliphatic carbocycles. The molecule has 1 aliphatic heterocycles. The highest BCUT2D eigenvalue weighted by molar-refractivity contribution is 7.13. The molecule has 8 nitrogen and oxygen atoms in total. The standard InChI is InChI=1S/C16H20N4O2S.CH2O2/c1-12-3-4-13(9-17-12)15(22)19-5-2-6-20(8-7-19)16-18-14(10-21)11-23-16;2-1-3/h3-4,9,11,21H,2,5-8,10H2,1H3;1H,(H,2,3). The fourth-order valence-corrected chi connectivity index (χ4v) is 3.47. The van der Waals surface area contributed by atoms with Gasteiger partial charge in [0.25, 0.3) is 12.4 Å². The van der Waals surface area contributed by atoms with Gasteiger partial charge in [0.2, 0.25) is 0 Å². The van der Waals surface area contributed by atoms with Crippen LogP contribution in [0.4, 0.5) is 5.13 Å². The molecule has 1 aliphatic rings. The molecule has 1 saturated heterocycles. The van der Waals surface area contributed by atoms with Gasteiger partial charge in [-0.3, -0.25) is 14.6 Å². The zero-order valence-electron chi connectivity index (χ0n) is 14.5. The van der Waals surface area contributed by atoms with E-state index in [1.807, 2.05) is 29.3 Å². The maximum absolute atomic E-state index is 12.6. The van der Waals surface area contributed by atoms with Crippen molar-refractivity contribution in [1.82, 2.24) is 14.9 Å². The Balaban J connectivity index is 0.000000758. The first-order chi connectivity index (χ1) is 12.6. The number of hydrogen-bond donors (Lipinski definition) is 2. The van der Waals surface area contributed by atoms with Gasteiger partial charge >= 0.3 is 0 Å². The van der Waals surface area contributed by atoms with E-state index in [1.54, 1.807) is 6.20 Å². The molecule has 3 heterocycles. The number of aromatic nitrogens is 2. The zero-order valence-corrected chi connectivity index (χ0v) is 15.4. The third kappa shape index (κ3) is 5.24. The van der Waals surface area contributed by atoms with Crippen molar-refractivity contribution in [3.05, 3.63) is 40.7 Å². The second-order valence-electron chi connectivity index (χ2n) is 5.71. The molecule has 2 aromatic heterocycles. The van der Waals surface area contributed by atoms with Gasteiger partial charge in [0.1, 0.15) is 0 Å². The number of aryl methyl sites for hydroxylation is 1. The number of anilines is 1. The summed E-state index contributed by atoms with van der Waals surface area (Å²) in [6.07, 6.45) is 2.55. The van der Waals surface area contributed by atoms with Crippen molar-refractivity contribution in [3.8, 4) is 0 Å². The number of amides is 1. The summed E-state index contributed by atoms with van der Waals surface area (Å²) in [7, 11) is 0. The van der Waals surface area contributed by atoms with Crippen LogP contribution < -0.4 is 4.90 Å². The molecule has 3 rings (SSSR count). The number of aliphatic hydroxyl groups excluding tert-OH is 1. The minimum atomic E-state index is -0.250. The number of carboxylic acid groups (broad SMARTS) is 1. The highest BCUT2D eigenvalue weighted by Crippen LogP contribution is 2.22. The largest absolute Gasteiger partial charge is 0.483 e. The van der Waals surface area contributed by atoms with Gasteiger partial charge in [0.05, 0.1) is 17.9 Å². The molecule has 0 atom stereocenters. The third-order valence-corrected chi connectivity index (χ3v) is 4.86. The SMILES string of the molecule is Cc1ccc(C(=O)N2CCCN(c3nc(CO)cs3)CC2)cn1.O=CO. The van der Waals surface area contributed by atoms with Crippen molar-refractivity contribution >= 4 is 28.8 Å². The number of carbonyl (C=O) groups is 2. The Hall–Kier alpha value is -2.52. The maximum atomic E-state index is 12.6. The molecule has 0 unspecified atom stereocenters. The van der Waals surface area contributed by atoms with E-state index in [1.165, 1.54) is 11.3 Å². The minimum absolute atomic E-state index is 0.0324. The van der Waals surface area contributed by atoms with Gasteiger partial charge in [-0.05, 0) is 25.5 Å². The summed E-state index contributed by atoms with van der Waals surface area (Å²) in [5.41, 5.74) is 2.25. The minimum Gasteiger partial charge on any atom is -0.483 e. The van der Waals surface area contributed by atoms with Crippen molar-refractivity contribution in [2.45, 2.75) is 20.0 Å². The molecule has 9 heteroatoms. The summed E-state index contributed by atoms with van der Waals surface area (Å²) >= 11 is 1.54. The second-order valence-corrected chi connectivity index (χ2v) is 6.54. The van der Waals surface area contributed by atoms with E-state index >= 15 is 0 Å². The highest BCUT2D eigenvalue weighted by atomic mass is 32.1. The Kier molecular flexibility index (Phi) is 7.49. The Morgan fingerprint density at radius 3 is 2.69 bits per heavy atom. The van der Waals surface area contributed by atoms with Crippen molar-refractivity contribution in [1.29, 1.82) is 0 Å². The predicted molar refractivity (Wildman–Crippen MR) is 98.4 cm³/mol. The van der Waals surface area contributed by atoms with Crippen LogP contribution in [-0.4, -0.2) is 63.6 Å². The quantitative estimate of drug-likeness (QED) is 0.777. The summed E-state index contributed by atoms with van der Waals surface area (Å²) in [6.45, 7) is 4.65. The topological polar surface area (TPSA) is 107 Å². The van der Waals surface area contributed by atoms with Gasteiger partial charge in [0, 0.05) is 43.4 Å². The van der Waals surface area contributed by atoms with E-state index < -0.39 is 0 Å². The fourth-order valence-electron chi connectivity index (χ4n) is 2.60. The van der Waals surface area contributed by atoms with E-state index in [0.29, 0.717) is 17.8 Å². The molecule has 0 aromatic carbocycles. The van der Waals surface area contributed by atoms with E-state index in [0.717, 1.165) is 36.9 Å². The Labute approximate surface area is 155 Å². The first-order valence-electron chi connectivity index (χ1n) is 8.19. The van der Waals surface area contributed by atoms with Gasteiger partial charge in [-0.15, -0.1) is 11.3 Å². The van der Waals surface area contributed by atoms with Crippen LogP contribution in [0.15, 0.2) is 23.7 Å². The van der Waals surface area contributed by atoms with E-state index in [2.05, 4.69) is 14.9 Å². The van der Waals surface area contributed by atoms with E-state index in [-0.39, 0.29) is 19.0 Å². The number of pyridine rings is 1. The molecule has 26 heavy (non-hydrogen) atoms. The van der Waals surface area contributed by atoms with Crippen LogP contribution in [0.3, 0.4) is 0 Å². The first kappa shape index (κ1) is 19.8. The molecule has 0 bridgehead atoms. The van der Waals surface area contributed by atoms with Crippen LogP contribution in [0.25, 0.3) is 0 Å². The number of nitrogens with zero attached hydrogens (tertiary/aromatic N) is 4.